The van der Waals surface area contributed by atoms with Gasteiger partial charge in [0, 0.05) is 0 Å². The summed E-state index contributed by atoms with van der Waals surface area (Å²) in [5.41, 5.74) is 0. The third kappa shape index (κ3) is 2.76. The van der Waals surface area contributed by atoms with Gasteiger partial charge in [-0.1, -0.05) is 6.08 Å². The Morgan fingerprint density at radius 3 is 2.79 bits per heavy atom. The molecule has 0 spiro atoms. The molecule has 1 heterocycles. The van der Waals surface area contributed by atoms with Gasteiger partial charge >= 0.3 is 0 Å². The summed E-state index contributed by atoms with van der Waals surface area (Å²) >= 11 is 5.93. The first kappa shape index (κ1) is 10.1. The van der Waals surface area contributed by atoms with E-state index in [-0.39, 0.29) is 5.38 Å². The van der Waals surface area contributed by atoms with Crippen molar-refractivity contribution < 1.29 is 4.74 Å². The van der Waals surface area contributed by atoms with Crippen LogP contribution in [0.2, 0.25) is 0 Å². The SMILES string of the molecule is ClC1C=CC(OC2CCNCC2)=CC1. The maximum atomic E-state index is 5.93. The third-order valence-corrected chi connectivity index (χ3v) is 2.93. The number of allylic oxidation sites excluding steroid dienone is 3. The van der Waals surface area contributed by atoms with Crippen molar-refractivity contribution in [3.05, 3.63) is 24.0 Å². The molecule has 0 aromatic rings. The Balaban J connectivity index is 1.82. The van der Waals surface area contributed by atoms with Gasteiger partial charge < -0.3 is 10.1 Å². The van der Waals surface area contributed by atoms with Gasteiger partial charge in [0.1, 0.15) is 11.9 Å². The first-order valence-electron chi connectivity index (χ1n) is 5.24. The Kier molecular flexibility index (Phi) is 3.49. The molecule has 1 atom stereocenters. The Labute approximate surface area is 90.0 Å². The predicted octanol–water partition coefficient (Wildman–Crippen LogP) is 2.21. The normalized spacial score (nSPS) is 28.6. The highest BCUT2D eigenvalue weighted by Crippen LogP contribution is 2.19. The highest BCUT2D eigenvalue weighted by Gasteiger charge is 2.15. The van der Waals surface area contributed by atoms with E-state index in [1.807, 2.05) is 12.2 Å². The second kappa shape index (κ2) is 4.85. The van der Waals surface area contributed by atoms with Crippen LogP contribution in [0.4, 0.5) is 0 Å². The first-order valence-corrected chi connectivity index (χ1v) is 5.68. The monoisotopic (exact) mass is 213 g/mol. The van der Waals surface area contributed by atoms with Crippen LogP contribution in [-0.2, 0) is 4.74 Å². The summed E-state index contributed by atoms with van der Waals surface area (Å²) in [6.45, 7) is 2.14. The van der Waals surface area contributed by atoms with Crippen LogP contribution in [0.25, 0.3) is 0 Å². The molecule has 1 saturated heterocycles. The zero-order chi connectivity index (χ0) is 9.80. The number of rotatable bonds is 2. The van der Waals surface area contributed by atoms with Crippen LogP contribution in [0, 0.1) is 0 Å². The lowest BCUT2D eigenvalue weighted by Crippen LogP contribution is -2.32. The predicted molar refractivity (Wildman–Crippen MR) is 58.5 cm³/mol. The molecule has 0 amide bonds. The van der Waals surface area contributed by atoms with Crippen molar-refractivity contribution in [2.24, 2.45) is 0 Å². The molecule has 1 aliphatic carbocycles. The zero-order valence-electron chi connectivity index (χ0n) is 8.21. The minimum absolute atomic E-state index is 0.148. The van der Waals surface area contributed by atoms with Crippen LogP contribution in [0.5, 0.6) is 0 Å². The van der Waals surface area contributed by atoms with E-state index in [9.17, 15) is 0 Å². The lowest BCUT2D eigenvalue weighted by atomic mass is 10.1. The summed E-state index contributed by atoms with van der Waals surface area (Å²) in [6.07, 6.45) is 9.56. The number of ether oxygens (including phenoxy) is 1. The summed E-state index contributed by atoms with van der Waals surface area (Å²) in [5, 5.41) is 3.47. The minimum Gasteiger partial charge on any atom is -0.491 e. The smallest absolute Gasteiger partial charge is 0.115 e. The van der Waals surface area contributed by atoms with Gasteiger partial charge in [-0.05, 0) is 44.5 Å². The number of nitrogens with one attached hydrogen (secondary N) is 1. The standard InChI is InChI=1S/C11H16ClNO/c12-9-1-3-10(4-2-9)14-11-5-7-13-8-6-11/h1,3-4,9,11,13H,2,5-8H2. The van der Waals surface area contributed by atoms with E-state index in [1.54, 1.807) is 0 Å². The van der Waals surface area contributed by atoms with Gasteiger partial charge in [-0.15, -0.1) is 11.6 Å². The molecule has 1 aliphatic heterocycles. The van der Waals surface area contributed by atoms with Gasteiger partial charge in [0.25, 0.3) is 0 Å². The fourth-order valence-corrected chi connectivity index (χ4v) is 1.93. The van der Waals surface area contributed by atoms with Crippen molar-refractivity contribution in [1.82, 2.24) is 5.32 Å². The molecule has 0 aromatic carbocycles. The van der Waals surface area contributed by atoms with Crippen LogP contribution in [0.15, 0.2) is 24.0 Å². The largest absolute Gasteiger partial charge is 0.491 e. The van der Waals surface area contributed by atoms with Gasteiger partial charge in [0.15, 0.2) is 0 Å². The van der Waals surface area contributed by atoms with E-state index in [2.05, 4.69) is 11.4 Å². The second-order valence-corrected chi connectivity index (χ2v) is 4.35. The van der Waals surface area contributed by atoms with Gasteiger partial charge in [-0.3, -0.25) is 0 Å². The molecule has 3 heteroatoms. The maximum Gasteiger partial charge on any atom is 0.115 e. The number of piperidine rings is 1. The van der Waals surface area contributed by atoms with Crippen molar-refractivity contribution in [1.29, 1.82) is 0 Å². The van der Waals surface area contributed by atoms with E-state index >= 15 is 0 Å². The molecule has 0 aromatic heterocycles. The van der Waals surface area contributed by atoms with Crippen molar-refractivity contribution >= 4 is 11.6 Å². The molecule has 0 radical (unpaired) electrons. The van der Waals surface area contributed by atoms with Crippen LogP contribution >= 0.6 is 11.6 Å². The number of hydrogen-bond donors (Lipinski definition) is 1. The maximum absolute atomic E-state index is 5.93. The average Bonchev–Trinajstić information content (AvgIpc) is 2.23. The molecular weight excluding hydrogens is 198 g/mol. The van der Waals surface area contributed by atoms with Crippen molar-refractivity contribution in [3.63, 3.8) is 0 Å². The third-order valence-electron chi connectivity index (χ3n) is 2.60. The van der Waals surface area contributed by atoms with Gasteiger partial charge in [-0.25, -0.2) is 0 Å². The van der Waals surface area contributed by atoms with E-state index < -0.39 is 0 Å². The molecule has 0 bridgehead atoms. The molecule has 14 heavy (non-hydrogen) atoms. The highest BCUT2D eigenvalue weighted by atomic mass is 35.5. The molecule has 1 N–H and O–H groups in total. The summed E-state index contributed by atoms with van der Waals surface area (Å²) in [7, 11) is 0. The van der Waals surface area contributed by atoms with Crippen LogP contribution in [0.1, 0.15) is 19.3 Å². The van der Waals surface area contributed by atoms with Crippen LogP contribution in [0.3, 0.4) is 0 Å². The topological polar surface area (TPSA) is 21.3 Å². The minimum atomic E-state index is 0.148. The second-order valence-electron chi connectivity index (χ2n) is 3.78. The Morgan fingerprint density at radius 2 is 2.14 bits per heavy atom. The quantitative estimate of drug-likeness (QED) is 0.711. The van der Waals surface area contributed by atoms with Crippen LogP contribution < -0.4 is 5.32 Å². The number of halogens is 1. The molecule has 78 valence electrons. The fraction of sp³-hybridized carbons (Fsp3) is 0.636. The lowest BCUT2D eigenvalue weighted by molar-refractivity contribution is 0.0949. The lowest BCUT2D eigenvalue weighted by Gasteiger charge is -2.25. The van der Waals surface area contributed by atoms with E-state index in [4.69, 9.17) is 16.3 Å². The van der Waals surface area contributed by atoms with E-state index in [0.717, 1.165) is 38.1 Å². The molecule has 2 rings (SSSR count). The average molecular weight is 214 g/mol. The van der Waals surface area contributed by atoms with Crippen molar-refractivity contribution in [2.45, 2.75) is 30.7 Å². The zero-order valence-corrected chi connectivity index (χ0v) is 8.96. The van der Waals surface area contributed by atoms with Crippen molar-refractivity contribution in [3.8, 4) is 0 Å². The summed E-state index contributed by atoms with van der Waals surface area (Å²) in [6, 6.07) is 0. The number of alkyl halides is 1. The fourth-order valence-electron chi connectivity index (χ4n) is 1.77. The van der Waals surface area contributed by atoms with Crippen LogP contribution in [-0.4, -0.2) is 24.6 Å². The Hall–Kier alpha value is -0.470. The van der Waals surface area contributed by atoms with Gasteiger partial charge in [0.2, 0.25) is 0 Å². The Bertz CT molecular complexity index is 244. The Morgan fingerprint density at radius 1 is 1.36 bits per heavy atom. The molecule has 2 aliphatic rings. The highest BCUT2D eigenvalue weighted by molar-refractivity contribution is 6.22. The first-order chi connectivity index (χ1) is 6.84. The van der Waals surface area contributed by atoms with E-state index in [0.29, 0.717) is 6.10 Å². The molecule has 2 nitrogen and oxygen atoms in total. The molecule has 0 saturated carbocycles. The van der Waals surface area contributed by atoms with Gasteiger partial charge in [0.05, 0.1) is 5.38 Å². The number of hydrogen-bond acceptors (Lipinski definition) is 2. The molecular formula is C11H16ClNO. The summed E-state index contributed by atoms with van der Waals surface area (Å²) in [4.78, 5) is 0. The van der Waals surface area contributed by atoms with Gasteiger partial charge in [-0.2, -0.15) is 0 Å². The molecule has 1 fully saturated rings. The summed E-state index contributed by atoms with van der Waals surface area (Å²) in [5.74, 6) is 0.994. The molecule has 1 unspecified atom stereocenters. The van der Waals surface area contributed by atoms with E-state index in [1.165, 1.54) is 0 Å². The van der Waals surface area contributed by atoms with Crippen molar-refractivity contribution in [2.75, 3.05) is 13.1 Å². The summed E-state index contributed by atoms with van der Waals surface area (Å²) < 4.78 is 5.86.